The lowest BCUT2D eigenvalue weighted by molar-refractivity contribution is -0.130. The minimum Gasteiger partial charge on any atom is -0.343 e. The number of hydrogen-bond donors (Lipinski definition) is 1. The number of hydrogen-bond acceptors (Lipinski definition) is 2. The second-order valence-corrected chi connectivity index (χ2v) is 6.63. The molecule has 2 amide bonds. The van der Waals surface area contributed by atoms with Gasteiger partial charge in [0.05, 0.1) is 17.1 Å². The molecule has 0 heterocycles. The fraction of sp³-hybridized carbons (Fsp3) is 0.500. The molecule has 0 fully saturated rings. The molecule has 1 unspecified atom stereocenters. The number of nitrogens with zero attached hydrogens (tertiary/aromatic N) is 1. The molecule has 0 aliphatic carbocycles. The van der Waals surface area contributed by atoms with Crippen molar-refractivity contribution in [3.05, 3.63) is 33.8 Å². The highest BCUT2D eigenvalue weighted by Gasteiger charge is 2.18. The number of nitrogens with one attached hydrogen (secondary N) is 1. The van der Waals surface area contributed by atoms with Crippen LogP contribution >= 0.6 is 23.2 Å². The molecule has 0 saturated heterocycles. The van der Waals surface area contributed by atoms with Crippen molar-refractivity contribution in [2.75, 3.05) is 13.6 Å². The highest BCUT2D eigenvalue weighted by atomic mass is 35.5. The number of amides is 2. The molecule has 1 aromatic carbocycles. The van der Waals surface area contributed by atoms with Crippen LogP contribution in [0.15, 0.2) is 18.2 Å². The first-order valence-corrected chi connectivity index (χ1v) is 7.96. The molecule has 0 radical (unpaired) electrons. The van der Waals surface area contributed by atoms with Crippen LogP contribution in [0.2, 0.25) is 10.0 Å². The van der Waals surface area contributed by atoms with E-state index in [1.807, 2.05) is 6.92 Å². The Kier molecular flexibility index (Phi) is 7.17. The van der Waals surface area contributed by atoms with Crippen molar-refractivity contribution in [1.29, 1.82) is 0 Å². The quantitative estimate of drug-likeness (QED) is 0.856. The third-order valence-corrected chi connectivity index (χ3v) is 3.99. The number of carbonyl (C=O) groups is 2. The fourth-order valence-electron chi connectivity index (χ4n) is 2.14. The first kappa shape index (κ1) is 18.8. The lowest BCUT2D eigenvalue weighted by atomic mass is 10.0. The molecule has 0 spiro atoms. The van der Waals surface area contributed by atoms with Crippen molar-refractivity contribution in [3.8, 4) is 0 Å². The summed E-state index contributed by atoms with van der Waals surface area (Å²) in [5.74, 6) is -0.0146. The first-order chi connectivity index (χ1) is 10.2. The Hall–Kier alpha value is -1.26. The van der Waals surface area contributed by atoms with Gasteiger partial charge in [0.15, 0.2) is 0 Å². The number of benzene rings is 1. The number of halogens is 2. The van der Waals surface area contributed by atoms with Crippen LogP contribution in [0.5, 0.6) is 0 Å². The Morgan fingerprint density at radius 1 is 1.23 bits per heavy atom. The largest absolute Gasteiger partial charge is 0.343 e. The summed E-state index contributed by atoms with van der Waals surface area (Å²) in [5.41, 5.74) is 0.303. The van der Waals surface area contributed by atoms with Crippen molar-refractivity contribution in [3.63, 3.8) is 0 Å². The van der Waals surface area contributed by atoms with Crippen LogP contribution in [0, 0.1) is 5.92 Å². The molecule has 0 aliphatic heterocycles. The number of carbonyl (C=O) groups excluding carboxylic acids is 2. The topological polar surface area (TPSA) is 49.4 Å². The SMILES string of the molecule is CC(C)CC(C)N(C)C(=O)CNC(=O)c1ccc(Cl)cc1Cl. The molecule has 1 aromatic rings. The highest BCUT2D eigenvalue weighted by molar-refractivity contribution is 6.36. The van der Waals surface area contributed by atoms with E-state index in [2.05, 4.69) is 19.2 Å². The summed E-state index contributed by atoms with van der Waals surface area (Å²) in [6.45, 7) is 6.16. The van der Waals surface area contributed by atoms with E-state index in [0.717, 1.165) is 6.42 Å². The molecule has 0 bridgehead atoms. The molecule has 1 rings (SSSR count). The van der Waals surface area contributed by atoms with Crippen LogP contribution in [0.25, 0.3) is 0 Å². The Morgan fingerprint density at radius 3 is 2.41 bits per heavy atom. The smallest absolute Gasteiger partial charge is 0.253 e. The average Bonchev–Trinajstić information content (AvgIpc) is 2.42. The minimum atomic E-state index is -0.389. The zero-order valence-corrected chi connectivity index (χ0v) is 14.8. The highest BCUT2D eigenvalue weighted by Crippen LogP contribution is 2.20. The summed E-state index contributed by atoms with van der Waals surface area (Å²) in [4.78, 5) is 25.8. The summed E-state index contributed by atoms with van der Waals surface area (Å²) >= 11 is 11.8. The van der Waals surface area contributed by atoms with Gasteiger partial charge in [-0.1, -0.05) is 37.0 Å². The molecule has 0 saturated carbocycles. The van der Waals surface area contributed by atoms with Crippen molar-refractivity contribution < 1.29 is 9.59 Å². The Labute approximate surface area is 141 Å². The first-order valence-electron chi connectivity index (χ1n) is 7.21. The number of rotatable bonds is 6. The monoisotopic (exact) mass is 344 g/mol. The summed E-state index contributed by atoms with van der Waals surface area (Å²) < 4.78 is 0. The molecule has 6 heteroatoms. The predicted molar refractivity (Wildman–Crippen MR) is 90.5 cm³/mol. The minimum absolute atomic E-state index is 0.0588. The van der Waals surface area contributed by atoms with E-state index in [1.54, 1.807) is 18.0 Å². The van der Waals surface area contributed by atoms with Gasteiger partial charge in [0.1, 0.15) is 0 Å². The van der Waals surface area contributed by atoms with Crippen molar-refractivity contribution >= 4 is 35.0 Å². The standard InChI is InChI=1S/C16H22Cl2N2O2/c1-10(2)7-11(3)20(4)15(21)9-19-16(22)13-6-5-12(17)8-14(13)18/h5-6,8,10-11H,7,9H2,1-4H3,(H,19,22). The van der Waals surface area contributed by atoms with E-state index in [4.69, 9.17) is 23.2 Å². The maximum absolute atomic E-state index is 12.1. The van der Waals surface area contributed by atoms with Gasteiger partial charge in [0.25, 0.3) is 5.91 Å². The van der Waals surface area contributed by atoms with Gasteiger partial charge in [-0.25, -0.2) is 0 Å². The van der Waals surface area contributed by atoms with E-state index < -0.39 is 0 Å². The lowest BCUT2D eigenvalue weighted by Crippen LogP contribution is -2.42. The zero-order chi connectivity index (χ0) is 16.9. The molecule has 1 N–H and O–H groups in total. The van der Waals surface area contributed by atoms with E-state index in [-0.39, 0.29) is 29.4 Å². The van der Waals surface area contributed by atoms with Crippen molar-refractivity contribution in [2.45, 2.75) is 33.2 Å². The normalized spacial score (nSPS) is 12.1. The summed E-state index contributed by atoms with van der Waals surface area (Å²) in [5, 5.41) is 3.31. The average molecular weight is 345 g/mol. The van der Waals surface area contributed by atoms with Gasteiger partial charge < -0.3 is 10.2 Å². The lowest BCUT2D eigenvalue weighted by Gasteiger charge is -2.26. The fourth-order valence-corrected chi connectivity index (χ4v) is 2.63. The molecule has 122 valence electrons. The van der Waals surface area contributed by atoms with Crippen LogP contribution in [0.4, 0.5) is 0 Å². The maximum Gasteiger partial charge on any atom is 0.253 e. The zero-order valence-electron chi connectivity index (χ0n) is 13.3. The summed E-state index contributed by atoms with van der Waals surface area (Å²) in [6.07, 6.45) is 0.916. The summed E-state index contributed by atoms with van der Waals surface area (Å²) in [6, 6.07) is 4.75. The van der Waals surface area contributed by atoms with E-state index in [1.165, 1.54) is 12.1 Å². The van der Waals surface area contributed by atoms with Gasteiger partial charge in [-0.3, -0.25) is 9.59 Å². The molecule has 0 aromatic heterocycles. The van der Waals surface area contributed by atoms with Crippen LogP contribution in [-0.2, 0) is 4.79 Å². The molecule has 22 heavy (non-hydrogen) atoms. The molecule has 4 nitrogen and oxygen atoms in total. The second kappa shape index (κ2) is 8.39. The number of likely N-dealkylation sites (N-methyl/N-ethyl adjacent to an activating group) is 1. The third-order valence-electron chi connectivity index (χ3n) is 3.44. The molecular weight excluding hydrogens is 323 g/mol. The van der Waals surface area contributed by atoms with Crippen LogP contribution in [-0.4, -0.2) is 36.3 Å². The third kappa shape index (κ3) is 5.50. The van der Waals surface area contributed by atoms with Crippen molar-refractivity contribution in [1.82, 2.24) is 10.2 Å². The van der Waals surface area contributed by atoms with E-state index in [0.29, 0.717) is 16.5 Å². The molecule has 1 atom stereocenters. The van der Waals surface area contributed by atoms with Gasteiger partial charge in [-0.15, -0.1) is 0 Å². The second-order valence-electron chi connectivity index (χ2n) is 5.79. The van der Waals surface area contributed by atoms with Gasteiger partial charge in [0.2, 0.25) is 5.91 Å². The van der Waals surface area contributed by atoms with Gasteiger partial charge >= 0.3 is 0 Å². The van der Waals surface area contributed by atoms with Gasteiger partial charge in [0, 0.05) is 18.1 Å². The molecule has 0 aliphatic rings. The maximum atomic E-state index is 12.1. The Balaban J connectivity index is 2.58. The summed E-state index contributed by atoms with van der Waals surface area (Å²) in [7, 11) is 1.75. The van der Waals surface area contributed by atoms with Crippen LogP contribution in [0.1, 0.15) is 37.6 Å². The van der Waals surface area contributed by atoms with E-state index in [9.17, 15) is 9.59 Å². The van der Waals surface area contributed by atoms with Gasteiger partial charge in [-0.05, 0) is 37.5 Å². The van der Waals surface area contributed by atoms with E-state index >= 15 is 0 Å². The van der Waals surface area contributed by atoms with Crippen molar-refractivity contribution in [2.24, 2.45) is 5.92 Å². The predicted octanol–water partition coefficient (Wildman–Crippen LogP) is 3.62. The van der Waals surface area contributed by atoms with Gasteiger partial charge in [-0.2, -0.15) is 0 Å². The Morgan fingerprint density at radius 2 is 1.86 bits per heavy atom. The Bertz CT molecular complexity index is 547. The molecular formula is C16H22Cl2N2O2. The van der Waals surface area contributed by atoms with Crippen LogP contribution in [0.3, 0.4) is 0 Å². The van der Waals surface area contributed by atoms with Crippen LogP contribution < -0.4 is 5.32 Å².